The van der Waals surface area contributed by atoms with E-state index in [9.17, 15) is 9.90 Å². The first kappa shape index (κ1) is 18.7. The molecule has 1 aromatic heterocycles. The molecule has 1 unspecified atom stereocenters. The minimum absolute atomic E-state index is 0.141. The molecule has 4 atom stereocenters. The quantitative estimate of drug-likeness (QED) is 0.658. The number of aliphatic hydroxyl groups is 1. The average molecular weight is 364 g/mol. The summed E-state index contributed by atoms with van der Waals surface area (Å²) in [5.41, 5.74) is 13.2. The summed E-state index contributed by atoms with van der Waals surface area (Å²) in [5, 5.41) is 10.9. The first-order valence-electron chi connectivity index (χ1n) is 9.09. The van der Waals surface area contributed by atoms with Crippen molar-refractivity contribution in [3.05, 3.63) is 11.8 Å². The van der Waals surface area contributed by atoms with Gasteiger partial charge in [-0.1, -0.05) is 13.8 Å². The van der Waals surface area contributed by atoms with E-state index in [1.54, 1.807) is 13.1 Å². The molecule has 1 saturated heterocycles. The average Bonchev–Trinajstić information content (AvgIpc) is 3.06. The second-order valence-electron chi connectivity index (χ2n) is 7.42. The fourth-order valence-electron chi connectivity index (χ4n) is 3.54. The van der Waals surface area contributed by atoms with Crippen LogP contribution in [0.4, 0.5) is 11.4 Å². The van der Waals surface area contributed by atoms with Gasteiger partial charge in [0.05, 0.1) is 30.7 Å². The fraction of sp³-hybridized carbons (Fsp3) is 0.667. The topological polar surface area (TPSA) is 124 Å². The molecule has 0 spiro atoms. The van der Waals surface area contributed by atoms with Gasteiger partial charge in [-0.15, -0.1) is 0 Å². The van der Waals surface area contributed by atoms with Crippen molar-refractivity contribution < 1.29 is 19.4 Å². The maximum absolute atomic E-state index is 12.2. The van der Waals surface area contributed by atoms with Crippen molar-refractivity contribution in [2.24, 2.45) is 11.7 Å². The third-order valence-electron chi connectivity index (χ3n) is 5.58. The van der Waals surface area contributed by atoms with E-state index in [-0.39, 0.29) is 5.92 Å². The lowest BCUT2D eigenvalue weighted by atomic mass is 9.81. The smallest absolute Gasteiger partial charge is 0.323 e. The fourth-order valence-corrected chi connectivity index (χ4v) is 3.54. The van der Waals surface area contributed by atoms with Gasteiger partial charge in [-0.25, -0.2) is 4.98 Å². The Bertz CT molecular complexity index is 694. The van der Waals surface area contributed by atoms with E-state index in [0.717, 1.165) is 17.7 Å². The number of hydrogen-bond acceptors (Lipinski definition) is 8. The molecule has 144 valence electrons. The molecule has 1 aromatic rings. The second-order valence-corrected chi connectivity index (χ2v) is 7.42. The van der Waals surface area contributed by atoms with Gasteiger partial charge in [0.25, 0.3) is 0 Å². The molecule has 0 aromatic carbocycles. The van der Waals surface area contributed by atoms with Gasteiger partial charge in [0.2, 0.25) is 5.88 Å². The number of rotatable bonds is 4. The van der Waals surface area contributed by atoms with Gasteiger partial charge in [0.15, 0.2) is 0 Å². The van der Waals surface area contributed by atoms with Crippen LogP contribution in [-0.4, -0.2) is 53.5 Å². The Hall–Kier alpha value is -2.06. The summed E-state index contributed by atoms with van der Waals surface area (Å²) in [5.74, 6) is -0.0405. The van der Waals surface area contributed by atoms with E-state index in [0.29, 0.717) is 37.7 Å². The molecule has 3 rings (SSSR count). The molecular formula is C18H28N4O4. The van der Waals surface area contributed by atoms with Crippen molar-refractivity contribution in [2.75, 3.05) is 30.3 Å². The number of piperidine rings is 1. The highest BCUT2D eigenvalue weighted by atomic mass is 16.6. The normalized spacial score (nSPS) is 29.0. The number of fused-ring (bicyclic) bond motifs is 1. The summed E-state index contributed by atoms with van der Waals surface area (Å²) < 4.78 is 11.1. The molecule has 8 nitrogen and oxygen atoms in total. The number of anilines is 2. The molecular weight excluding hydrogens is 336 g/mol. The van der Waals surface area contributed by atoms with Gasteiger partial charge in [-0.3, -0.25) is 4.79 Å². The molecule has 0 amide bonds. The number of pyridine rings is 1. The molecule has 2 aliphatic rings. The zero-order chi connectivity index (χ0) is 19.1. The summed E-state index contributed by atoms with van der Waals surface area (Å²) in [6.45, 7) is 6.95. The molecule has 8 heteroatoms. The van der Waals surface area contributed by atoms with Gasteiger partial charge >= 0.3 is 5.97 Å². The number of esters is 1. The van der Waals surface area contributed by atoms with Gasteiger partial charge in [0.1, 0.15) is 17.7 Å². The second kappa shape index (κ2) is 6.92. The number of nitrogens with zero attached hydrogens (tertiary/aromatic N) is 2. The highest BCUT2D eigenvalue weighted by Crippen LogP contribution is 2.40. The predicted molar refractivity (Wildman–Crippen MR) is 98.0 cm³/mol. The zero-order valence-corrected chi connectivity index (χ0v) is 15.6. The van der Waals surface area contributed by atoms with E-state index in [1.807, 2.05) is 13.8 Å². The predicted octanol–water partition coefficient (Wildman–Crippen LogP) is 0.455. The van der Waals surface area contributed by atoms with Crippen molar-refractivity contribution in [3.63, 3.8) is 0 Å². The summed E-state index contributed by atoms with van der Waals surface area (Å²) in [6, 6.07) is -0.694. The van der Waals surface area contributed by atoms with Crippen LogP contribution in [0.3, 0.4) is 0 Å². The van der Waals surface area contributed by atoms with Gasteiger partial charge in [0, 0.05) is 24.4 Å². The summed E-state index contributed by atoms with van der Waals surface area (Å²) >= 11 is 0. The Morgan fingerprint density at radius 3 is 3.00 bits per heavy atom. The van der Waals surface area contributed by atoms with Crippen LogP contribution in [0.15, 0.2) is 6.20 Å². The van der Waals surface area contributed by atoms with Crippen LogP contribution in [0.1, 0.15) is 32.8 Å². The van der Waals surface area contributed by atoms with Crippen LogP contribution in [0.2, 0.25) is 0 Å². The minimum Gasteiger partial charge on any atom is -0.477 e. The largest absolute Gasteiger partial charge is 0.477 e. The van der Waals surface area contributed by atoms with Crippen molar-refractivity contribution in [1.82, 2.24) is 4.98 Å². The van der Waals surface area contributed by atoms with E-state index < -0.39 is 23.7 Å². The molecule has 5 N–H and O–H groups in total. The SMILES string of the molecule is CCC(N)C(=O)O[C@@H]1CN(c2c(N)cnc3c2CCO3)C[C@H](C)[C@@]1(C)O. The molecule has 26 heavy (non-hydrogen) atoms. The lowest BCUT2D eigenvalue weighted by Crippen LogP contribution is -2.61. The van der Waals surface area contributed by atoms with Crippen molar-refractivity contribution >= 4 is 17.3 Å². The van der Waals surface area contributed by atoms with Crippen LogP contribution in [0.5, 0.6) is 5.88 Å². The van der Waals surface area contributed by atoms with Gasteiger partial charge < -0.3 is 30.9 Å². The van der Waals surface area contributed by atoms with E-state index in [4.69, 9.17) is 20.9 Å². The van der Waals surface area contributed by atoms with Crippen molar-refractivity contribution in [3.8, 4) is 5.88 Å². The molecule has 0 radical (unpaired) electrons. The van der Waals surface area contributed by atoms with E-state index in [1.165, 1.54) is 0 Å². The van der Waals surface area contributed by atoms with Gasteiger partial charge in [-0.05, 0) is 13.3 Å². The van der Waals surface area contributed by atoms with Crippen LogP contribution >= 0.6 is 0 Å². The minimum atomic E-state index is -1.15. The number of ether oxygens (including phenoxy) is 2. The lowest BCUT2D eigenvalue weighted by molar-refractivity contribution is -0.172. The van der Waals surface area contributed by atoms with Crippen LogP contribution in [0, 0.1) is 5.92 Å². The monoisotopic (exact) mass is 364 g/mol. The number of carbonyl (C=O) groups excluding carboxylic acids is 1. The molecule has 0 aliphatic carbocycles. The number of aromatic nitrogens is 1. The van der Waals surface area contributed by atoms with E-state index >= 15 is 0 Å². The molecule has 0 bridgehead atoms. The van der Waals surface area contributed by atoms with Crippen LogP contribution < -0.4 is 21.1 Å². The third kappa shape index (κ3) is 3.19. The maximum Gasteiger partial charge on any atom is 0.323 e. The number of nitrogen functional groups attached to an aromatic ring is 1. The molecule has 3 heterocycles. The Kier molecular flexibility index (Phi) is 4.98. The Labute approximate surface area is 153 Å². The number of nitrogens with two attached hydrogens (primary N) is 2. The Balaban J connectivity index is 1.89. The summed E-state index contributed by atoms with van der Waals surface area (Å²) in [7, 11) is 0. The number of hydrogen-bond donors (Lipinski definition) is 3. The van der Waals surface area contributed by atoms with Gasteiger partial charge in [-0.2, -0.15) is 0 Å². The van der Waals surface area contributed by atoms with Crippen molar-refractivity contribution in [1.29, 1.82) is 0 Å². The summed E-state index contributed by atoms with van der Waals surface area (Å²) in [6.07, 6.45) is 2.09. The Morgan fingerprint density at radius 2 is 2.31 bits per heavy atom. The first-order chi connectivity index (χ1) is 12.3. The van der Waals surface area contributed by atoms with Crippen molar-refractivity contribution in [2.45, 2.75) is 51.4 Å². The zero-order valence-electron chi connectivity index (χ0n) is 15.6. The molecule has 1 fully saturated rings. The highest BCUT2D eigenvalue weighted by Gasteiger charge is 2.46. The molecule has 2 aliphatic heterocycles. The lowest BCUT2D eigenvalue weighted by Gasteiger charge is -2.47. The first-order valence-corrected chi connectivity index (χ1v) is 9.09. The highest BCUT2D eigenvalue weighted by molar-refractivity contribution is 5.76. The van der Waals surface area contributed by atoms with Crippen LogP contribution in [0.25, 0.3) is 0 Å². The standard InChI is InChI=1S/C18H28N4O4/c1-4-12(19)17(23)26-14-9-22(8-10(2)18(14,3)24)15-11-5-6-25-16(11)21-7-13(15)20/h7,10,12,14,24H,4-6,8-9,19-20H2,1-3H3/t10-,12?,14+,18+/m0/s1. The Morgan fingerprint density at radius 1 is 1.58 bits per heavy atom. The number of carbonyl (C=O) groups is 1. The summed E-state index contributed by atoms with van der Waals surface area (Å²) in [4.78, 5) is 18.5. The maximum atomic E-state index is 12.2. The molecule has 0 saturated carbocycles. The third-order valence-corrected chi connectivity index (χ3v) is 5.58. The van der Waals surface area contributed by atoms with E-state index in [2.05, 4.69) is 9.88 Å². The van der Waals surface area contributed by atoms with Crippen LogP contribution in [-0.2, 0) is 16.0 Å².